The Morgan fingerprint density at radius 1 is 0.270 bits per heavy atom. The number of benzene rings is 17. The third-order valence-corrected chi connectivity index (χ3v) is 25.3. The van der Waals surface area contributed by atoms with E-state index in [-0.39, 0.29) is 10.8 Å². The second-order valence-electron chi connectivity index (χ2n) is 32.1. The molecule has 0 N–H and O–H groups in total. The van der Waals surface area contributed by atoms with E-state index in [1.54, 1.807) is 0 Å². The minimum Gasteiger partial charge on any atom is -0.456 e. The van der Waals surface area contributed by atoms with E-state index in [1.165, 1.54) is 133 Å². The fourth-order valence-corrected chi connectivity index (χ4v) is 19.8. The molecule has 0 fully saturated rings. The van der Waals surface area contributed by atoms with Gasteiger partial charge in [0.05, 0.1) is 16.4 Å². The highest BCUT2D eigenvalue weighted by Gasteiger charge is 2.47. The Hall–Kier alpha value is -14.3. The quantitative estimate of drug-likeness (QED) is 0.102. The highest BCUT2D eigenvalue weighted by Crippen LogP contribution is 2.59. The first kappa shape index (κ1) is 67.6. The van der Waals surface area contributed by atoms with Crippen LogP contribution in [-0.4, -0.2) is 4.57 Å². The zero-order valence-electron chi connectivity index (χ0n) is 64.2. The molecule has 1 unspecified atom stereocenters. The normalized spacial score (nSPS) is 14.4. The number of anilines is 6. The molecule has 0 aliphatic heterocycles. The molecule has 0 bridgehead atoms. The maximum atomic E-state index is 6.46. The summed E-state index contributed by atoms with van der Waals surface area (Å²) in [6, 6.07) is 153. The van der Waals surface area contributed by atoms with E-state index < -0.39 is 5.41 Å². The first-order valence-corrected chi connectivity index (χ1v) is 40.1. The van der Waals surface area contributed by atoms with Gasteiger partial charge in [0.15, 0.2) is 0 Å². The Kier molecular flexibility index (Phi) is 15.7. The number of fused-ring (bicyclic) bond motifs is 13. The summed E-state index contributed by atoms with van der Waals surface area (Å²) in [6.45, 7) is 7.37. The standard InChI is InChI=1S/C111H79N3O/c1-109(2)101-66-73(40-61-93(101)94-62-58-88(69-102(94)109)113(87-52-45-77(46-53-87)76-43-41-75(42-44-76)74-24-8-4-9-25-74)90-60-64-96-92-34-18-21-37-100(92)111(104(96)71-90,82-27-10-5-11-28-82)83-29-12-6-13-30-83)72-110(3)99-36-20-17-33-91(99)95-63-59-89(70-103(95)110)112(86-56-49-79(50-57-86)108-68-81-26-16-23-39-107(81)115-108)85-54-47-78(48-55-85)80-51-65-106-98(67-80)97-35-19-22-38-105(97)114(106)84-31-14-7-15-32-84/h4-71H,72H2,1-3H3. The van der Waals surface area contributed by atoms with Gasteiger partial charge in [-0.15, -0.1) is 0 Å². The van der Waals surface area contributed by atoms with Crippen LogP contribution >= 0.6 is 0 Å². The Morgan fingerprint density at radius 3 is 1.30 bits per heavy atom. The molecule has 0 amide bonds. The molecule has 2 heterocycles. The molecule has 17 aromatic carbocycles. The number of rotatable bonds is 15. The van der Waals surface area contributed by atoms with Crippen molar-refractivity contribution in [3.05, 3.63) is 463 Å². The highest BCUT2D eigenvalue weighted by molar-refractivity contribution is 6.10. The third kappa shape index (κ3) is 10.9. The van der Waals surface area contributed by atoms with E-state index in [4.69, 9.17) is 4.42 Å². The van der Waals surface area contributed by atoms with E-state index in [0.717, 1.165) is 74.1 Å². The molecule has 0 saturated carbocycles. The van der Waals surface area contributed by atoms with E-state index in [2.05, 4.69) is 436 Å². The fourth-order valence-electron chi connectivity index (χ4n) is 19.8. The smallest absolute Gasteiger partial charge is 0.135 e. The molecule has 0 radical (unpaired) electrons. The maximum Gasteiger partial charge on any atom is 0.135 e. The Balaban J connectivity index is 0.627. The van der Waals surface area contributed by atoms with Gasteiger partial charge < -0.3 is 18.8 Å². The summed E-state index contributed by atoms with van der Waals surface area (Å²) in [5, 5.41) is 3.56. The zero-order valence-corrected chi connectivity index (χ0v) is 64.2. The lowest BCUT2D eigenvalue weighted by molar-refractivity contribution is 0.581. The Bertz CT molecular complexity index is 6930. The molecule has 19 aromatic rings. The van der Waals surface area contributed by atoms with Gasteiger partial charge in [0, 0.05) is 72.4 Å². The predicted molar refractivity (Wildman–Crippen MR) is 479 cm³/mol. The molecule has 22 rings (SSSR count). The van der Waals surface area contributed by atoms with Crippen LogP contribution in [0.25, 0.3) is 117 Å². The van der Waals surface area contributed by atoms with Crippen molar-refractivity contribution in [3.63, 3.8) is 0 Å². The van der Waals surface area contributed by atoms with Crippen molar-refractivity contribution in [2.45, 2.75) is 43.4 Å². The van der Waals surface area contributed by atoms with Crippen LogP contribution in [0.3, 0.4) is 0 Å². The van der Waals surface area contributed by atoms with Crippen molar-refractivity contribution in [3.8, 4) is 83.8 Å². The lowest BCUT2D eigenvalue weighted by Gasteiger charge is -2.35. The summed E-state index contributed by atoms with van der Waals surface area (Å²) in [6.07, 6.45) is 0.803. The van der Waals surface area contributed by atoms with Crippen molar-refractivity contribution in [2.24, 2.45) is 0 Å². The second-order valence-corrected chi connectivity index (χ2v) is 32.1. The van der Waals surface area contributed by atoms with Crippen molar-refractivity contribution in [1.82, 2.24) is 4.57 Å². The van der Waals surface area contributed by atoms with Gasteiger partial charge in [-0.3, -0.25) is 0 Å². The summed E-state index contributed by atoms with van der Waals surface area (Å²) in [5.74, 6) is 0.848. The summed E-state index contributed by atoms with van der Waals surface area (Å²) < 4.78 is 8.84. The molecule has 3 aliphatic rings. The average molecular weight is 1470 g/mol. The fraction of sp³-hybridized carbons (Fsp3) is 0.0631. The highest BCUT2D eigenvalue weighted by atomic mass is 16.3. The van der Waals surface area contributed by atoms with Crippen LogP contribution in [-0.2, 0) is 22.7 Å². The summed E-state index contributed by atoms with van der Waals surface area (Å²) >= 11 is 0. The molecular weight excluding hydrogens is 1390 g/mol. The third-order valence-electron chi connectivity index (χ3n) is 25.3. The first-order valence-electron chi connectivity index (χ1n) is 40.1. The van der Waals surface area contributed by atoms with Gasteiger partial charge in [-0.05, 0) is 251 Å². The summed E-state index contributed by atoms with van der Waals surface area (Å²) in [4.78, 5) is 4.94. The van der Waals surface area contributed by atoms with Gasteiger partial charge in [-0.25, -0.2) is 0 Å². The number of para-hydroxylation sites is 3. The Labute approximate surface area is 671 Å². The predicted octanol–water partition coefficient (Wildman–Crippen LogP) is 29.3. The summed E-state index contributed by atoms with van der Waals surface area (Å²) in [5.41, 5.74) is 37.1. The largest absolute Gasteiger partial charge is 0.456 e. The number of hydrogen-bond acceptors (Lipinski definition) is 3. The van der Waals surface area contributed by atoms with Crippen LogP contribution in [0.15, 0.2) is 417 Å². The minimum absolute atomic E-state index is 0.349. The van der Waals surface area contributed by atoms with Gasteiger partial charge in [0.25, 0.3) is 0 Å². The topological polar surface area (TPSA) is 24.6 Å². The van der Waals surface area contributed by atoms with Crippen molar-refractivity contribution >= 4 is 66.9 Å². The number of furan rings is 1. The maximum absolute atomic E-state index is 6.46. The van der Waals surface area contributed by atoms with E-state index in [0.29, 0.717) is 0 Å². The van der Waals surface area contributed by atoms with Crippen LogP contribution in [0, 0.1) is 0 Å². The molecule has 4 heteroatoms. The molecule has 115 heavy (non-hydrogen) atoms. The minimum atomic E-state index is -0.571. The SMILES string of the molecule is CC1(C)c2cc(CC3(C)c4ccccc4-c4ccc(N(c5ccc(-c6ccc7c(c6)c6ccccc6n7-c6ccccc6)cc5)c5ccc(-c6cc7ccccc7o6)cc5)cc43)ccc2-c2ccc(N(c3ccc(-c4ccc(-c5ccccc5)cc4)cc3)c3ccc4c(c3)C(c3ccccc3)(c3ccccc3)c3ccccc3-4)cc21. The van der Waals surface area contributed by atoms with Gasteiger partial charge in [-0.2, -0.15) is 0 Å². The first-order chi connectivity index (χ1) is 56.6. The molecule has 0 spiro atoms. The van der Waals surface area contributed by atoms with Crippen molar-refractivity contribution in [2.75, 3.05) is 9.80 Å². The van der Waals surface area contributed by atoms with Crippen molar-refractivity contribution < 1.29 is 4.42 Å². The van der Waals surface area contributed by atoms with Gasteiger partial charge in [0.1, 0.15) is 11.3 Å². The van der Waals surface area contributed by atoms with E-state index >= 15 is 0 Å². The number of nitrogens with zero attached hydrogens (tertiary/aromatic N) is 3. The Morgan fingerprint density at radius 2 is 0.678 bits per heavy atom. The molecule has 1 atom stereocenters. The van der Waals surface area contributed by atoms with Crippen LogP contribution in [0.1, 0.15) is 70.8 Å². The lowest BCUT2D eigenvalue weighted by Crippen LogP contribution is -2.28. The van der Waals surface area contributed by atoms with Crippen molar-refractivity contribution in [1.29, 1.82) is 0 Å². The average Bonchev–Trinajstić information content (AvgIpc) is 1.55. The van der Waals surface area contributed by atoms with Crippen LogP contribution in [0.4, 0.5) is 34.1 Å². The van der Waals surface area contributed by atoms with E-state index in [1.807, 2.05) is 12.1 Å². The van der Waals surface area contributed by atoms with Crippen LogP contribution in [0.5, 0.6) is 0 Å². The molecule has 544 valence electrons. The monoisotopic (exact) mass is 1470 g/mol. The van der Waals surface area contributed by atoms with Gasteiger partial charge >= 0.3 is 0 Å². The molecule has 3 aliphatic carbocycles. The molecule has 4 nitrogen and oxygen atoms in total. The molecule has 0 saturated heterocycles. The van der Waals surface area contributed by atoms with Gasteiger partial charge in [0.2, 0.25) is 0 Å². The van der Waals surface area contributed by atoms with Gasteiger partial charge in [-0.1, -0.05) is 306 Å². The number of hydrogen-bond donors (Lipinski definition) is 0. The van der Waals surface area contributed by atoms with Crippen LogP contribution in [0.2, 0.25) is 0 Å². The van der Waals surface area contributed by atoms with Crippen LogP contribution < -0.4 is 9.80 Å². The molecule has 2 aromatic heterocycles. The lowest BCUT2D eigenvalue weighted by atomic mass is 9.67. The molecular formula is C111H79N3O. The zero-order chi connectivity index (χ0) is 76.5. The number of aromatic nitrogens is 1. The van der Waals surface area contributed by atoms with E-state index in [9.17, 15) is 0 Å². The summed E-state index contributed by atoms with van der Waals surface area (Å²) in [7, 11) is 0. The second kappa shape index (κ2) is 26.7.